The van der Waals surface area contributed by atoms with Crippen molar-refractivity contribution >= 4 is 29.1 Å². The smallest absolute Gasteiger partial charge is 0.236 e. The summed E-state index contributed by atoms with van der Waals surface area (Å²) in [6.07, 6.45) is 5.25. The van der Waals surface area contributed by atoms with Gasteiger partial charge in [0.25, 0.3) is 0 Å². The molecule has 0 aliphatic carbocycles. The molecule has 0 bridgehead atoms. The largest absolute Gasteiger partial charge is 0.493 e. The minimum atomic E-state index is -0.0238. The van der Waals surface area contributed by atoms with Gasteiger partial charge in [-0.05, 0) is 56.1 Å². The lowest BCUT2D eigenvalue weighted by molar-refractivity contribution is -0.116. The molecule has 2 saturated heterocycles. The van der Waals surface area contributed by atoms with E-state index in [0.29, 0.717) is 10.9 Å². The number of hydrogen-bond acceptors (Lipinski definition) is 6. The summed E-state index contributed by atoms with van der Waals surface area (Å²) in [4.78, 5) is 13.6. The Hall–Kier alpha value is -1.86. The van der Waals surface area contributed by atoms with E-state index in [1.165, 1.54) is 30.2 Å². The van der Waals surface area contributed by atoms with Crippen molar-refractivity contribution < 1.29 is 9.53 Å². The number of nitrogens with zero attached hydrogens (tertiary/aromatic N) is 3. The lowest BCUT2D eigenvalue weighted by Gasteiger charge is -2.18. The summed E-state index contributed by atoms with van der Waals surface area (Å²) in [5.41, 5.74) is 2.17. The Bertz CT molecular complexity index is 669. The van der Waals surface area contributed by atoms with Crippen LogP contribution in [0.2, 0.25) is 0 Å². The Morgan fingerprint density at radius 1 is 1.36 bits per heavy atom. The van der Waals surface area contributed by atoms with Crippen molar-refractivity contribution in [2.24, 2.45) is 10.2 Å². The van der Waals surface area contributed by atoms with Crippen LogP contribution in [0.5, 0.6) is 5.75 Å². The van der Waals surface area contributed by atoms with Crippen LogP contribution in [0.25, 0.3) is 0 Å². The lowest BCUT2D eigenvalue weighted by Crippen LogP contribution is -2.19. The highest BCUT2D eigenvalue weighted by molar-refractivity contribution is 8.15. The third-order valence-electron chi connectivity index (χ3n) is 4.08. The van der Waals surface area contributed by atoms with E-state index in [4.69, 9.17) is 4.74 Å². The van der Waals surface area contributed by atoms with Crippen molar-refractivity contribution in [3.8, 4) is 5.75 Å². The molecule has 7 heteroatoms. The summed E-state index contributed by atoms with van der Waals surface area (Å²) in [6.45, 7) is 6.04. The van der Waals surface area contributed by atoms with Gasteiger partial charge in [0, 0.05) is 12.1 Å². The minimum Gasteiger partial charge on any atom is -0.493 e. The highest BCUT2D eigenvalue weighted by atomic mass is 32.2. The number of rotatable bonds is 7. The predicted octanol–water partition coefficient (Wildman–Crippen LogP) is 2.62. The molecule has 0 spiro atoms. The van der Waals surface area contributed by atoms with E-state index in [1.807, 2.05) is 12.1 Å². The van der Waals surface area contributed by atoms with Crippen molar-refractivity contribution in [2.45, 2.75) is 32.7 Å². The van der Waals surface area contributed by atoms with Gasteiger partial charge in [0.1, 0.15) is 5.75 Å². The van der Waals surface area contributed by atoms with Gasteiger partial charge in [-0.2, -0.15) is 5.10 Å². The average molecular weight is 360 g/mol. The Morgan fingerprint density at radius 2 is 2.20 bits per heavy atom. The van der Waals surface area contributed by atoms with Gasteiger partial charge in [-0.1, -0.05) is 18.7 Å². The lowest BCUT2D eigenvalue weighted by atomic mass is 10.1. The van der Waals surface area contributed by atoms with Crippen LogP contribution in [0.4, 0.5) is 0 Å². The third-order valence-corrected chi connectivity index (χ3v) is 4.94. The standard InChI is InChI=1S/C18H24N4O2S/c1-2-9-24-16-6-5-14(10-15(16)12-22-7-3-4-8-22)11-19-21-18-20-17(23)13-25-18/h5-6,10-11H,2-4,7-9,12-13H2,1H3,(H,20,21,23). The van der Waals surface area contributed by atoms with Gasteiger partial charge in [0.15, 0.2) is 5.17 Å². The van der Waals surface area contributed by atoms with Gasteiger partial charge in [-0.3, -0.25) is 9.69 Å². The molecule has 2 heterocycles. The maximum Gasteiger partial charge on any atom is 0.236 e. The van der Waals surface area contributed by atoms with Crippen LogP contribution in [-0.2, 0) is 11.3 Å². The fraction of sp³-hybridized carbons (Fsp3) is 0.500. The van der Waals surface area contributed by atoms with Crippen LogP contribution in [-0.4, -0.2) is 47.6 Å². The number of carbonyl (C=O) groups excluding carboxylic acids is 1. The zero-order valence-electron chi connectivity index (χ0n) is 14.5. The summed E-state index contributed by atoms with van der Waals surface area (Å²) >= 11 is 1.37. The van der Waals surface area contributed by atoms with Gasteiger partial charge in [0.2, 0.25) is 5.91 Å². The van der Waals surface area contributed by atoms with E-state index in [9.17, 15) is 4.79 Å². The van der Waals surface area contributed by atoms with Crippen molar-refractivity contribution in [2.75, 3.05) is 25.4 Å². The maximum absolute atomic E-state index is 11.1. The van der Waals surface area contributed by atoms with Crippen molar-refractivity contribution in [1.82, 2.24) is 10.2 Å². The van der Waals surface area contributed by atoms with Crippen LogP contribution in [0.1, 0.15) is 37.3 Å². The number of likely N-dealkylation sites (tertiary alicyclic amines) is 1. The van der Waals surface area contributed by atoms with Gasteiger partial charge in [0.05, 0.1) is 18.6 Å². The van der Waals surface area contributed by atoms with Crippen LogP contribution < -0.4 is 10.1 Å². The molecule has 1 aromatic rings. The minimum absolute atomic E-state index is 0.0238. The van der Waals surface area contributed by atoms with Crippen molar-refractivity contribution in [3.63, 3.8) is 0 Å². The molecule has 0 saturated carbocycles. The topological polar surface area (TPSA) is 66.3 Å². The zero-order valence-corrected chi connectivity index (χ0v) is 15.3. The normalized spacial score (nSPS) is 19.9. The molecule has 3 rings (SSSR count). The maximum atomic E-state index is 11.1. The van der Waals surface area contributed by atoms with Gasteiger partial charge < -0.3 is 10.1 Å². The molecule has 2 aliphatic heterocycles. The molecule has 6 nitrogen and oxygen atoms in total. The fourth-order valence-corrected chi connectivity index (χ4v) is 3.50. The molecule has 1 amide bonds. The van der Waals surface area contributed by atoms with E-state index in [2.05, 4.69) is 33.4 Å². The van der Waals surface area contributed by atoms with E-state index in [0.717, 1.165) is 44.0 Å². The van der Waals surface area contributed by atoms with Gasteiger partial charge in [-0.15, -0.1) is 5.10 Å². The van der Waals surface area contributed by atoms with Crippen molar-refractivity contribution in [1.29, 1.82) is 0 Å². The highest BCUT2D eigenvalue weighted by Gasteiger charge is 2.16. The molecule has 1 N–H and O–H groups in total. The molecule has 2 aliphatic rings. The quantitative estimate of drug-likeness (QED) is 0.600. The first-order valence-electron chi connectivity index (χ1n) is 8.76. The number of hydrogen-bond donors (Lipinski definition) is 1. The second-order valence-corrected chi connectivity index (χ2v) is 7.15. The molecule has 1 aromatic carbocycles. The fourth-order valence-electron chi connectivity index (χ4n) is 2.86. The Balaban J connectivity index is 1.71. The molecular formula is C18H24N4O2S. The van der Waals surface area contributed by atoms with E-state index >= 15 is 0 Å². The zero-order chi connectivity index (χ0) is 17.5. The third kappa shape index (κ3) is 5.31. The number of carbonyl (C=O) groups is 1. The van der Waals surface area contributed by atoms with Crippen LogP contribution in [0, 0.1) is 0 Å². The number of ether oxygens (including phenoxy) is 1. The average Bonchev–Trinajstić information content (AvgIpc) is 3.26. The monoisotopic (exact) mass is 360 g/mol. The molecule has 0 unspecified atom stereocenters. The SMILES string of the molecule is CCCOc1ccc(C=NN=C2NC(=O)CS2)cc1CN1CCCC1. The van der Waals surface area contributed by atoms with E-state index in [1.54, 1.807) is 6.21 Å². The first-order valence-corrected chi connectivity index (χ1v) is 9.75. The summed E-state index contributed by atoms with van der Waals surface area (Å²) in [5, 5.41) is 11.4. The van der Waals surface area contributed by atoms with Gasteiger partial charge in [-0.25, -0.2) is 0 Å². The second-order valence-electron chi connectivity index (χ2n) is 6.19. The Kier molecular flexibility index (Phi) is 6.47. The first-order chi connectivity index (χ1) is 12.2. The highest BCUT2D eigenvalue weighted by Crippen LogP contribution is 2.23. The van der Waals surface area contributed by atoms with Crippen LogP contribution >= 0.6 is 11.8 Å². The van der Waals surface area contributed by atoms with E-state index in [-0.39, 0.29) is 5.91 Å². The number of benzene rings is 1. The Morgan fingerprint density at radius 3 is 2.92 bits per heavy atom. The molecular weight excluding hydrogens is 336 g/mol. The van der Waals surface area contributed by atoms with Crippen molar-refractivity contribution in [3.05, 3.63) is 29.3 Å². The molecule has 25 heavy (non-hydrogen) atoms. The summed E-state index contributed by atoms with van der Waals surface area (Å²) in [7, 11) is 0. The number of amides is 1. The Labute approximate surface area is 152 Å². The van der Waals surface area contributed by atoms with Crippen LogP contribution in [0.15, 0.2) is 28.4 Å². The van der Waals surface area contributed by atoms with E-state index < -0.39 is 0 Å². The molecule has 0 aromatic heterocycles. The number of nitrogens with one attached hydrogen (secondary N) is 1. The predicted molar refractivity (Wildman–Crippen MR) is 102 cm³/mol. The molecule has 2 fully saturated rings. The first kappa shape index (κ1) is 17.9. The summed E-state index contributed by atoms with van der Waals surface area (Å²) < 4.78 is 5.90. The molecule has 0 radical (unpaired) electrons. The van der Waals surface area contributed by atoms with Crippen LogP contribution in [0.3, 0.4) is 0 Å². The number of amidine groups is 1. The summed E-state index contributed by atoms with van der Waals surface area (Å²) in [5.74, 6) is 1.35. The molecule has 0 atom stereocenters. The van der Waals surface area contributed by atoms with Gasteiger partial charge >= 0.3 is 0 Å². The second kappa shape index (κ2) is 9.01. The molecule has 134 valence electrons. The number of thioether (sulfide) groups is 1. The summed E-state index contributed by atoms with van der Waals surface area (Å²) in [6, 6.07) is 6.12.